The first-order valence-electron chi connectivity index (χ1n) is 10.4. The number of carboxylic acid groups (broad SMARTS) is 1. The van der Waals surface area contributed by atoms with E-state index in [9.17, 15) is 24.3 Å². The Morgan fingerprint density at radius 1 is 1.00 bits per heavy atom. The van der Waals surface area contributed by atoms with Gasteiger partial charge in [-0.3, -0.25) is 19.2 Å². The normalized spacial score (nSPS) is 12.4. The Hall–Kier alpha value is -4.18. The van der Waals surface area contributed by atoms with Crippen molar-refractivity contribution in [1.82, 2.24) is 9.13 Å². The fourth-order valence-corrected chi connectivity index (χ4v) is 5.47. The summed E-state index contributed by atoms with van der Waals surface area (Å²) >= 11 is 0.742. The van der Waals surface area contributed by atoms with Crippen molar-refractivity contribution in [3.8, 4) is 11.1 Å². The summed E-state index contributed by atoms with van der Waals surface area (Å²) in [5.74, 6) is -1.50. The van der Waals surface area contributed by atoms with E-state index in [4.69, 9.17) is 4.74 Å². The number of aryl methyl sites for hydroxylation is 1. The molecule has 1 aliphatic rings. The molecule has 0 unspecified atom stereocenters. The maximum Gasteiger partial charge on any atom is 0.411 e. The number of aromatic carboxylic acids is 1. The Bertz CT molecular complexity index is 1570. The third-order valence-electron chi connectivity index (χ3n) is 6.05. The molecule has 0 fully saturated rings. The highest BCUT2D eigenvalue weighted by atomic mass is 32.1. The minimum absolute atomic E-state index is 0.0286. The molecule has 2 aromatic carbocycles. The summed E-state index contributed by atoms with van der Waals surface area (Å²) < 4.78 is 7.55. The summed E-state index contributed by atoms with van der Waals surface area (Å²) in [5.41, 5.74) is 2.75. The number of carbonyl (C=O) groups excluding carboxylic acids is 1. The molecule has 172 valence electrons. The van der Waals surface area contributed by atoms with E-state index < -0.39 is 23.3 Å². The molecule has 1 aliphatic carbocycles. The lowest BCUT2D eigenvalue weighted by molar-refractivity contribution is 0.0703. The van der Waals surface area contributed by atoms with Crippen LogP contribution in [0.15, 0.2) is 58.1 Å². The first-order valence-corrected chi connectivity index (χ1v) is 11.2. The van der Waals surface area contributed by atoms with Gasteiger partial charge in [-0.15, -0.1) is 11.3 Å². The van der Waals surface area contributed by atoms with Crippen LogP contribution >= 0.6 is 11.3 Å². The molecular weight excluding hydrogens is 458 g/mol. The number of benzene rings is 2. The lowest BCUT2D eigenvalue weighted by atomic mass is 9.98. The van der Waals surface area contributed by atoms with Crippen molar-refractivity contribution in [2.45, 2.75) is 5.92 Å². The van der Waals surface area contributed by atoms with Gasteiger partial charge in [0.25, 0.3) is 5.56 Å². The van der Waals surface area contributed by atoms with Crippen molar-refractivity contribution in [3.63, 3.8) is 0 Å². The van der Waals surface area contributed by atoms with Crippen molar-refractivity contribution in [2.24, 2.45) is 14.1 Å². The monoisotopic (exact) mass is 477 g/mol. The molecule has 2 N–H and O–H groups in total. The van der Waals surface area contributed by atoms with Crippen molar-refractivity contribution < 1.29 is 19.4 Å². The zero-order valence-corrected chi connectivity index (χ0v) is 19.0. The molecule has 0 saturated carbocycles. The molecule has 0 atom stereocenters. The first kappa shape index (κ1) is 21.7. The van der Waals surface area contributed by atoms with Gasteiger partial charge in [-0.1, -0.05) is 48.5 Å². The number of thiophene rings is 1. The minimum atomic E-state index is -1.33. The molecule has 2 heterocycles. The fraction of sp³-hybridized carbons (Fsp3) is 0.167. The Morgan fingerprint density at radius 3 is 2.18 bits per heavy atom. The molecule has 0 bridgehead atoms. The number of hydrogen-bond donors (Lipinski definition) is 2. The summed E-state index contributed by atoms with van der Waals surface area (Å²) in [4.78, 5) is 49.5. The van der Waals surface area contributed by atoms with E-state index in [1.165, 1.54) is 18.7 Å². The van der Waals surface area contributed by atoms with Gasteiger partial charge in [-0.05, 0) is 22.3 Å². The predicted octanol–water partition coefficient (Wildman–Crippen LogP) is 3.36. The first-order chi connectivity index (χ1) is 16.3. The number of nitrogens with one attached hydrogen (secondary N) is 1. The number of carboxylic acids is 1. The van der Waals surface area contributed by atoms with Crippen molar-refractivity contribution in [3.05, 3.63) is 85.4 Å². The highest BCUT2D eigenvalue weighted by Gasteiger charge is 2.30. The second-order valence-corrected chi connectivity index (χ2v) is 8.95. The van der Waals surface area contributed by atoms with Gasteiger partial charge in [0, 0.05) is 20.0 Å². The van der Waals surface area contributed by atoms with E-state index in [2.05, 4.69) is 5.32 Å². The maximum absolute atomic E-state index is 12.8. The molecule has 0 aliphatic heterocycles. The average molecular weight is 477 g/mol. The number of fused-ring (bicyclic) bond motifs is 4. The smallest absolute Gasteiger partial charge is 0.411 e. The van der Waals surface area contributed by atoms with E-state index >= 15 is 0 Å². The number of ether oxygens (including phenoxy) is 1. The molecule has 1 amide bonds. The zero-order chi connectivity index (χ0) is 24.1. The van der Waals surface area contributed by atoms with E-state index in [1.807, 2.05) is 48.5 Å². The third-order valence-corrected chi connectivity index (χ3v) is 7.31. The molecule has 5 rings (SSSR count). The molecule has 0 spiro atoms. The zero-order valence-electron chi connectivity index (χ0n) is 18.2. The minimum Gasteiger partial charge on any atom is -0.477 e. The van der Waals surface area contributed by atoms with E-state index in [1.54, 1.807) is 0 Å². The van der Waals surface area contributed by atoms with Crippen LogP contribution in [0.25, 0.3) is 21.3 Å². The van der Waals surface area contributed by atoms with Crippen molar-refractivity contribution >= 4 is 39.3 Å². The molecule has 0 radical (unpaired) electrons. The average Bonchev–Trinajstić information content (AvgIpc) is 3.36. The van der Waals surface area contributed by atoms with Gasteiger partial charge in [-0.25, -0.2) is 14.4 Å². The largest absolute Gasteiger partial charge is 0.477 e. The summed E-state index contributed by atoms with van der Waals surface area (Å²) in [5, 5.41) is 12.0. The molecule has 9 nitrogen and oxygen atoms in total. The number of aromatic nitrogens is 2. The Kier molecular flexibility index (Phi) is 5.09. The van der Waals surface area contributed by atoms with Crippen LogP contribution in [0.1, 0.15) is 26.7 Å². The van der Waals surface area contributed by atoms with Crippen LogP contribution in [0.5, 0.6) is 0 Å². The summed E-state index contributed by atoms with van der Waals surface area (Å²) in [6.45, 7) is 0.0286. The van der Waals surface area contributed by atoms with Crippen LogP contribution in [0.4, 0.5) is 10.5 Å². The number of carbonyl (C=O) groups is 2. The molecule has 4 aromatic rings. The molecule has 10 heteroatoms. The molecule has 34 heavy (non-hydrogen) atoms. The van der Waals surface area contributed by atoms with Crippen molar-refractivity contribution in [2.75, 3.05) is 11.9 Å². The lowest BCUT2D eigenvalue weighted by Crippen LogP contribution is -2.36. The van der Waals surface area contributed by atoms with Crippen LogP contribution in [0.2, 0.25) is 0 Å². The second-order valence-electron chi connectivity index (χ2n) is 7.95. The number of rotatable bonds is 4. The third kappa shape index (κ3) is 3.22. The quantitative estimate of drug-likeness (QED) is 0.465. The summed E-state index contributed by atoms with van der Waals surface area (Å²) in [7, 11) is 2.72. The van der Waals surface area contributed by atoms with Gasteiger partial charge >= 0.3 is 17.8 Å². The lowest BCUT2D eigenvalue weighted by Gasteiger charge is -2.14. The van der Waals surface area contributed by atoms with Gasteiger partial charge < -0.3 is 9.84 Å². The topological polar surface area (TPSA) is 120 Å². The Morgan fingerprint density at radius 2 is 1.59 bits per heavy atom. The highest BCUT2D eigenvalue weighted by molar-refractivity contribution is 7.21. The van der Waals surface area contributed by atoms with Gasteiger partial charge in [0.1, 0.15) is 16.3 Å². The second kappa shape index (κ2) is 7.99. The number of anilines is 1. The molecular formula is C24H19N3O6S. The van der Waals surface area contributed by atoms with Crippen LogP contribution in [-0.4, -0.2) is 32.9 Å². The fourth-order valence-electron chi connectivity index (χ4n) is 4.43. The maximum atomic E-state index is 12.8. The standard InChI is InChI=1S/C24H19N3O6S/c1-26-20(28)17-18(19(22(29)30)34-21(17)27(2)24(26)32)25-23(31)33-11-16-14-9-5-3-7-12(14)13-8-4-6-10-15(13)16/h3-10,16H,11H2,1-2H3,(H,25,31)(H,29,30). The van der Waals surface area contributed by atoms with E-state index in [-0.39, 0.29) is 33.3 Å². The van der Waals surface area contributed by atoms with Gasteiger partial charge in [-0.2, -0.15) is 0 Å². The summed E-state index contributed by atoms with van der Waals surface area (Å²) in [6, 6.07) is 15.8. The SMILES string of the molecule is Cn1c(=O)c2c(NC(=O)OCC3c4ccccc4-c4ccccc43)c(C(=O)O)sc2n(C)c1=O. The number of amides is 1. The number of nitrogens with zero attached hydrogens (tertiary/aromatic N) is 2. The van der Waals surface area contributed by atoms with Gasteiger partial charge in [0.2, 0.25) is 0 Å². The van der Waals surface area contributed by atoms with Crippen LogP contribution in [0.3, 0.4) is 0 Å². The van der Waals surface area contributed by atoms with Crippen LogP contribution in [0, 0.1) is 0 Å². The number of hydrogen-bond acceptors (Lipinski definition) is 6. The van der Waals surface area contributed by atoms with Crippen molar-refractivity contribution in [1.29, 1.82) is 0 Å². The van der Waals surface area contributed by atoms with E-state index in [0.29, 0.717) is 0 Å². The molecule has 0 saturated heterocycles. The van der Waals surface area contributed by atoms with Crippen LogP contribution < -0.4 is 16.6 Å². The van der Waals surface area contributed by atoms with E-state index in [0.717, 1.165) is 38.2 Å². The summed E-state index contributed by atoms with van der Waals surface area (Å²) in [6.07, 6.45) is -0.889. The van der Waals surface area contributed by atoms with Gasteiger partial charge in [0.15, 0.2) is 0 Å². The Labute approximate surface area is 196 Å². The van der Waals surface area contributed by atoms with Crippen LogP contribution in [-0.2, 0) is 18.8 Å². The molecule has 2 aromatic heterocycles. The highest BCUT2D eigenvalue weighted by Crippen LogP contribution is 2.44. The predicted molar refractivity (Wildman–Crippen MR) is 128 cm³/mol. The Balaban J connectivity index is 1.47. The van der Waals surface area contributed by atoms with Gasteiger partial charge in [0.05, 0.1) is 11.1 Å².